The van der Waals surface area contributed by atoms with Crippen molar-refractivity contribution in [2.24, 2.45) is 0 Å². The number of hydrogen-bond acceptors (Lipinski definition) is 3. The molecule has 1 aromatic heterocycles. The predicted molar refractivity (Wildman–Crippen MR) is 68.2 cm³/mol. The number of halogens is 1. The summed E-state index contributed by atoms with van der Waals surface area (Å²) in [5, 5.41) is 1.12. The molecule has 0 saturated carbocycles. The minimum atomic E-state index is 0.774. The summed E-state index contributed by atoms with van der Waals surface area (Å²) in [5.74, 6) is 0. The van der Waals surface area contributed by atoms with Gasteiger partial charge in [0.2, 0.25) is 0 Å². The highest BCUT2D eigenvalue weighted by molar-refractivity contribution is 7.20. The third kappa shape index (κ3) is 2.25. The smallest absolute Gasteiger partial charge is 0.0966 e. The van der Waals surface area contributed by atoms with Crippen LogP contribution in [0.25, 0.3) is 0 Å². The SMILES string of the molecule is CN(c1ccc(N)cc1)c1ccc(Cl)s1. The van der Waals surface area contributed by atoms with Gasteiger partial charge in [-0.2, -0.15) is 0 Å². The second-order valence-electron chi connectivity index (χ2n) is 3.23. The molecular formula is C11H11ClN2S. The van der Waals surface area contributed by atoms with Gasteiger partial charge in [0.1, 0.15) is 0 Å². The Morgan fingerprint density at radius 1 is 1.13 bits per heavy atom. The van der Waals surface area contributed by atoms with E-state index in [2.05, 4.69) is 4.90 Å². The van der Waals surface area contributed by atoms with Gasteiger partial charge in [0.25, 0.3) is 0 Å². The van der Waals surface area contributed by atoms with Crippen LogP contribution in [0.3, 0.4) is 0 Å². The fourth-order valence-corrected chi connectivity index (χ4v) is 2.32. The molecule has 0 bridgehead atoms. The molecule has 2 aromatic rings. The highest BCUT2D eigenvalue weighted by Gasteiger charge is 2.05. The maximum absolute atomic E-state index is 5.89. The van der Waals surface area contributed by atoms with E-state index in [-0.39, 0.29) is 0 Å². The highest BCUT2D eigenvalue weighted by Crippen LogP contribution is 2.33. The summed E-state index contributed by atoms with van der Waals surface area (Å²) in [6.07, 6.45) is 0. The summed E-state index contributed by atoms with van der Waals surface area (Å²) in [4.78, 5) is 2.08. The Labute approximate surface area is 97.9 Å². The number of anilines is 3. The maximum Gasteiger partial charge on any atom is 0.0966 e. The van der Waals surface area contributed by atoms with Gasteiger partial charge in [0.15, 0.2) is 0 Å². The Morgan fingerprint density at radius 2 is 1.80 bits per heavy atom. The lowest BCUT2D eigenvalue weighted by molar-refractivity contribution is 1.24. The van der Waals surface area contributed by atoms with E-state index in [1.54, 1.807) is 11.3 Å². The molecule has 78 valence electrons. The van der Waals surface area contributed by atoms with E-state index < -0.39 is 0 Å². The van der Waals surface area contributed by atoms with Crippen molar-refractivity contribution in [1.29, 1.82) is 0 Å². The van der Waals surface area contributed by atoms with E-state index in [1.165, 1.54) is 0 Å². The first-order chi connectivity index (χ1) is 7.16. The lowest BCUT2D eigenvalue weighted by atomic mass is 10.3. The minimum absolute atomic E-state index is 0.774. The van der Waals surface area contributed by atoms with Crippen LogP contribution >= 0.6 is 22.9 Å². The Bertz CT molecular complexity index is 450. The van der Waals surface area contributed by atoms with Crippen LogP contribution < -0.4 is 10.6 Å². The zero-order chi connectivity index (χ0) is 10.8. The van der Waals surface area contributed by atoms with Crippen molar-refractivity contribution in [3.63, 3.8) is 0 Å². The molecule has 15 heavy (non-hydrogen) atoms. The van der Waals surface area contributed by atoms with Crippen LogP contribution in [0.15, 0.2) is 36.4 Å². The number of benzene rings is 1. The van der Waals surface area contributed by atoms with Gasteiger partial charge in [0, 0.05) is 18.4 Å². The minimum Gasteiger partial charge on any atom is -0.399 e. The largest absolute Gasteiger partial charge is 0.399 e. The molecule has 0 spiro atoms. The molecule has 0 aliphatic carbocycles. The van der Waals surface area contributed by atoms with Crippen molar-refractivity contribution >= 4 is 39.3 Å². The molecule has 0 radical (unpaired) electrons. The van der Waals surface area contributed by atoms with Crippen molar-refractivity contribution in [3.05, 3.63) is 40.7 Å². The summed E-state index contributed by atoms with van der Waals surface area (Å²) in [6.45, 7) is 0. The summed E-state index contributed by atoms with van der Waals surface area (Å²) in [6, 6.07) is 11.7. The van der Waals surface area contributed by atoms with E-state index in [9.17, 15) is 0 Å². The van der Waals surface area contributed by atoms with Crippen molar-refractivity contribution in [1.82, 2.24) is 0 Å². The van der Waals surface area contributed by atoms with Crippen LogP contribution in [0, 0.1) is 0 Å². The first kappa shape index (κ1) is 10.3. The van der Waals surface area contributed by atoms with Gasteiger partial charge in [-0.3, -0.25) is 0 Å². The fourth-order valence-electron chi connectivity index (χ4n) is 1.31. The van der Waals surface area contributed by atoms with E-state index in [0.29, 0.717) is 0 Å². The standard InChI is InChI=1S/C11H11ClN2S/c1-14(11-7-6-10(12)15-11)9-4-2-8(13)3-5-9/h2-7H,13H2,1H3. The second-order valence-corrected chi connectivity index (χ2v) is 4.92. The molecule has 0 saturated heterocycles. The third-order valence-corrected chi connectivity index (χ3v) is 3.48. The first-order valence-corrected chi connectivity index (χ1v) is 5.71. The van der Waals surface area contributed by atoms with Crippen molar-refractivity contribution in [2.75, 3.05) is 17.7 Å². The zero-order valence-electron chi connectivity index (χ0n) is 8.27. The van der Waals surface area contributed by atoms with E-state index in [0.717, 1.165) is 20.7 Å². The second kappa shape index (κ2) is 4.13. The van der Waals surface area contributed by atoms with Gasteiger partial charge < -0.3 is 10.6 Å². The summed E-state index contributed by atoms with van der Waals surface area (Å²) in [7, 11) is 2.01. The first-order valence-electron chi connectivity index (χ1n) is 4.51. The van der Waals surface area contributed by atoms with Crippen molar-refractivity contribution in [3.8, 4) is 0 Å². The highest BCUT2D eigenvalue weighted by atomic mass is 35.5. The average molecular weight is 239 g/mol. The lowest BCUT2D eigenvalue weighted by Gasteiger charge is -2.16. The molecule has 0 unspecified atom stereocenters. The summed E-state index contributed by atoms with van der Waals surface area (Å²) >= 11 is 7.44. The van der Waals surface area contributed by atoms with Crippen LogP contribution in [0.4, 0.5) is 16.4 Å². The quantitative estimate of drug-likeness (QED) is 0.808. The van der Waals surface area contributed by atoms with Crippen LogP contribution in [-0.2, 0) is 0 Å². The molecule has 1 heterocycles. The van der Waals surface area contributed by atoms with Crippen LogP contribution in [0.1, 0.15) is 0 Å². The number of thiophene rings is 1. The van der Waals surface area contributed by atoms with Gasteiger partial charge in [0.05, 0.1) is 9.34 Å². The van der Waals surface area contributed by atoms with Gasteiger partial charge in [-0.25, -0.2) is 0 Å². The fraction of sp³-hybridized carbons (Fsp3) is 0.0909. The number of nitrogens with two attached hydrogens (primary N) is 1. The number of nitrogens with zero attached hydrogens (tertiary/aromatic N) is 1. The topological polar surface area (TPSA) is 29.3 Å². The zero-order valence-corrected chi connectivity index (χ0v) is 9.85. The molecule has 0 aliphatic heterocycles. The average Bonchev–Trinajstić information content (AvgIpc) is 2.65. The number of nitrogen functional groups attached to an aromatic ring is 1. The van der Waals surface area contributed by atoms with Gasteiger partial charge >= 0.3 is 0 Å². The summed E-state index contributed by atoms with van der Waals surface area (Å²) < 4.78 is 0.798. The Kier molecular flexibility index (Phi) is 2.84. The van der Waals surface area contributed by atoms with E-state index in [1.807, 2.05) is 43.4 Å². The molecule has 0 fully saturated rings. The number of rotatable bonds is 2. The van der Waals surface area contributed by atoms with Crippen molar-refractivity contribution < 1.29 is 0 Å². The molecule has 2 rings (SSSR count). The van der Waals surface area contributed by atoms with Gasteiger partial charge in [-0.05, 0) is 36.4 Å². The molecule has 0 aliphatic rings. The molecule has 2 nitrogen and oxygen atoms in total. The molecular weight excluding hydrogens is 228 g/mol. The molecule has 2 N–H and O–H groups in total. The Balaban J connectivity index is 2.28. The summed E-state index contributed by atoms with van der Waals surface area (Å²) in [5.41, 5.74) is 7.51. The predicted octanol–water partition coefficient (Wildman–Crippen LogP) is 3.75. The lowest BCUT2D eigenvalue weighted by Crippen LogP contribution is -2.07. The van der Waals surface area contributed by atoms with Crippen LogP contribution in [-0.4, -0.2) is 7.05 Å². The Morgan fingerprint density at radius 3 is 2.33 bits per heavy atom. The van der Waals surface area contributed by atoms with Gasteiger partial charge in [-0.1, -0.05) is 11.6 Å². The number of hydrogen-bond donors (Lipinski definition) is 1. The van der Waals surface area contributed by atoms with E-state index >= 15 is 0 Å². The van der Waals surface area contributed by atoms with Crippen molar-refractivity contribution in [2.45, 2.75) is 0 Å². The van der Waals surface area contributed by atoms with E-state index in [4.69, 9.17) is 17.3 Å². The Hall–Kier alpha value is -1.19. The molecule has 1 aromatic carbocycles. The monoisotopic (exact) mass is 238 g/mol. The third-order valence-electron chi connectivity index (χ3n) is 2.17. The van der Waals surface area contributed by atoms with Crippen LogP contribution in [0.5, 0.6) is 0 Å². The van der Waals surface area contributed by atoms with Crippen LogP contribution in [0.2, 0.25) is 4.34 Å². The molecule has 0 atom stereocenters. The maximum atomic E-state index is 5.89. The van der Waals surface area contributed by atoms with Gasteiger partial charge in [-0.15, -0.1) is 11.3 Å². The molecule has 0 amide bonds. The normalized spacial score (nSPS) is 10.3. The molecule has 4 heteroatoms.